The lowest BCUT2D eigenvalue weighted by Crippen LogP contribution is -2.50. The molecule has 1 saturated heterocycles. The smallest absolute Gasteiger partial charge is 0.236 e. The van der Waals surface area contributed by atoms with Crippen molar-refractivity contribution in [3.63, 3.8) is 0 Å². The second-order valence-electron chi connectivity index (χ2n) is 6.23. The molecule has 1 amide bonds. The molecule has 0 spiro atoms. The summed E-state index contributed by atoms with van der Waals surface area (Å²) in [5.41, 5.74) is 1.31. The van der Waals surface area contributed by atoms with Gasteiger partial charge in [-0.1, -0.05) is 30.3 Å². The minimum absolute atomic E-state index is 0.0157. The van der Waals surface area contributed by atoms with Gasteiger partial charge >= 0.3 is 0 Å². The average molecular weight is 339 g/mol. The molecule has 25 heavy (non-hydrogen) atoms. The summed E-state index contributed by atoms with van der Waals surface area (Å²) in [4.78, 5) is 18.7. The van der Waals surface area contributed by atoms with Crippen molar-refractivity contribution in [3.05, 3.63) is 35.9 Å². The molecular weight excluding hydrogens is 314 g/mol. The minimum atomic E-state index is 0.0157. The maximum Gasteiger partial charge on any atom is 0.236 e. The lowest BCUT2D eigenvalue weighted by Gasteiger charge is -2.35. The zero-order chi connectivity index (χ0) is 17.9. The summed E-state index contributed by atoms with van der Waals surface area (Å²) < 4.78 is 0. The van der Waals surface area contributed by atoms with Crippen LogP contribution in [0.25, 0.3) is 0 Å². The Kier molecular flexibility index (Phi) is 7.91. The van der Waals surface area contributed by atoms with E-state index in [0.29, 0.717) is 32.5 Å². The van der Waals surface area contributed by atoms with Crippen molar-refractivity contribution >= 4 is 5.91 Å². The van der Waals surface area contributed by atoms with Crippen molar-refractivity contribution in [3.8, 4) is 12.1 Å². The molecule has 1 heterocycles. The van der Waals surface area contributed by atoms with E-state index in [9.17, 15) is 4.79 Å². The molecule has 0 unspecified atom stereocenters. The van der Waals surface area contributed by atoms with Crippen LogP contribution in [0.1, 0.15) is 18.4 Å². The number of nitriles is 2. The summed E-state index contributed by atoms with van der Waals surface area (Å²) in [5, 5.41) is 17.5. The molecule has 0 aliphatic carbocycles. The predicted octanol–water partition coefficient (Wildman–Crippen LogP) is 1.46. The molecule has 6 nitrogen and oxygen atoms in total. The van der Waals surface area contributed by atoms with E-state index in [4.69, 9.17) is 10.5 Å². The highest BCUT2D eigenvalue weighted by molar-refractivity contribution is 5.78. The largest absolute Gasteiger partial charge is 0.340 e. The van der Waals surface area contributed by atoms with E-state index in [1.807, 2.05) is 6.07 Å². The molecule has 132 valence electrons. The summed E-state index contributed by atoms with van der Waals surface area (Å²) in [7, 11) is 0. The molecule has 2 rings (SSSR count). The Morgan fingerprint density at radius 3 is 2.08 bits per heavy atom. The summed E-state index contributed by atoms with van der Waals surface area (Å²) in [5.74, 6) is 0.0157. The van der Waals surface area contributed by atoms with Gasteiger partial charge in [-0.25, -0.2) is 0 Å². The van der Waals surface area contributed by atoms with Gasteiger partial charge in [0.1, 0.15) is 0 Å². The van der Waals surface area contributed by atoms with E-state index in [1.165, 1.54) is 5.56 Å². The Morgan fingerprint density at radius 2 is 1.52 bits per heavy atom. The average Bonchev–Trinajstić information content (AvgIpc) is 2.64. The van der Waals surface area contributed by atoms with Crippen molar-refractivity contribution in [1.29, 1.82) is 10.5 Å². The number of amides is 1. The molecule has 0 aromatic heterocycles. The third-order valence-corrected chi connectivity index (χ3v) is 4.41. The lowest BCUT2D eigenvalue weighted by atomic mass is 10.2. The van der Waals surface area contributed by atoms with E-state index >= 15 is 0 Å². The fourth-order valence-corrected chi connectivity index (χ4v) is 2.97. The van der Waals surface area contributed by atoms with Crippen LogP contribution in [0.15, 0.2) is 30.3 Å². The first kappa shape index (κ1) is 18.9. The van der Waals surface area contributed by atoms with Crippen molar-refractivity contribution in [2.45, 2.75) is 19.4 Å². The van der Waals surface area contributed by atoms with Crippen LogP contribution in [0.5, 0.6) is 0 Å². The van der Waals surface area contributed by atoms with Gasteiger partial charge in [-0.15, -0.1) is 0 Å². The Labute approximate surface area is 149 Å². The summed E-state index contributed by atoms with van der Waals surface area (Å²) in [6.07, 6.45) is 0.615. The fourth-order valence-electron chi connectivity index (χ4n) is 2.97. The van der Waals surface area contributed by atoms with Gasteiger partial charge in [-0.05, 0) is 5.56 Å². The van der Waals surface area contributed by atoms with Gasteiger partial charge in [-0.2, -0.15) is 10.5 Å². The maximum absolute atomic E-state index is 12.4. The molecule has 1 aliphatic rings. The van der Waals surface area contributed by atoms with Gasteiger partial charge in [-0.3, -0.25) is 14.6 Å². The van der Waals surface area contributed by atoms with E-state index in [1.54, 1.807) is 4.90 Å². The normalized spacial score (nSPS) is 15.3. The standard InChI is InChI=1S/C19H25N5O/c20-8-4-10-24(11-5-9-21)19(25)17-23-14-12-22(13-15-23)16-18-6-2-1-3-7-18/h1-3,6-7H,4-5,10-17H2. The van der Waals surface area contributed by atoms with E-state index in [2.05, 4.69) is 46.2 Å². The van der Waals surface area contributed by atoms with E-state index < -0.39 is 0 Å². The first-order valence-corrected chi connectivity index (χ1v) is 8.73. The molecule has 1 aromatic carbocycles. The number of benzene rings is 1. The molecule has 0 bridgehead atoms. The minimum Gasteiger partial charge on any atom is -0.340 e. The highest BCUT2D eigenvalue weighted by Gasteiger charge is 2.21. The molecule has 0 N–H and O–H groups in total. The number of hydrogen-bond donors (Lipinski definition) is 0. The Morgan fingerprint density at radius 1 is 0.960 bits per heavy atom. The molecule has 1 aliphatic heterocycles. The zero-order valence-electron chi connectivity index (χ0n) is 14.6. The van der Waals surface area contributed by atoms with E-state index in [0.717, 1.165) is 32.7 Å². The third kappa shape index (κ3) is 6.54. The van der Waals surface area contributed by atoms with Crippen LogP contribution in [0, 0.1) is 22.7 Å². The lowest BCUT2D eigenvalue weighted by molar-refractivity contribution is -0.132. The van der Waals surface area contributed by atoms with Crippen LogP contribution in [0.4, 0.5) is 0 Å². The molecule has 0 atom stereocenters. The first-order chi connectivity index (χ1) is 12.2. The second-order valence-corrected chi connectivity index (χ2v) is 6.23. The van der Waals surface area contributed by atoms with Crippen LogP contribution < -0.4 is 0 Å². The number of nitrogens with zero attached hydrogens (tertiary/aromatic N) is 5. The quantitative estimate of drug-likeness (QED) is 0.717. The molecule has 6 heteroatoms. The molecule has 0 radical (unpaired) electrons. The van der Waals surface area contributed by atoms with E-state index in [-0.39, 0.29) is 5.91 Å². The monoisotopic (exact) mass is 339 g/mol. The van der Waals surface area contributed by atoms with Gasteiger partial charge in [0, 0.05) is 45.8 Å². The van der Waals surface area contributed by atoms with Gasteiger partial charge in [0.15, 0.2) is 0 Å². The topological polar surface area (TPSA) is 74.4 Å². The van der Waals surface area contributed by atoms with Crippen LogP contribution >= 0.6 is 0 Å². The third-order valence-electron chi connectivity index (χ3n) is 4.41. The summed E-state index contributed by atoms with van der Waals surface area (Å²) >= 11 is 0. The number of rotatable bonds is 8. The maximum atomic E-state index is 12.4. The molecule has 0 saturated carbocycles. The van der Waals surface area contributed by atoms with Crippen LogP contribution in [-0.4, -0.2) is 66.4 Å². The molecular formula is C19H25N5O. The van der Waals surface area contributed by atoms with Crippen LogP contribution in [0.3, 0.4) is 0 Å². The second kappa shape index (κ2) is 10.5. The van der Waals surface area contributed by atoms with Crippen molar-refractivity contribution in [2.24, 2.45) is 0 Å². The number of hydrogen-bond acceptors (Lipinski definition) is 5. The van der Waals surface area contributed by atoms with Crippen molar-refractivity contribution in [1.82, 2.24) is 14.7 Å². The van der Waals surface area contributed by atoms with Gasteiger partial charge in [0.2, 0.25) is 5.91 Å². The molecule has 1 aromatic rings. The van der Waals surface area contributed by atoms with Gasteiger partial charge in [0.25, 0.3) is 0 Å². The number of piperazine rings is 1. The first-order valence-electron chi connectivity index (χ1n) is 8.73. The van der Waals surface area contributed by atoms with Gasteiger partial charge < -0.3 is 4.90 Å². The summed E-state index contributed by atoms with van der Waals surface area (Å²) in [6, 6.07) is 14.5. The van der Waals surface area contributed by atoms with Crippen LogP contribution in [0.2, 0.25) is 0 Å². The zero-order valence-corrected chi connectivity index (χ0v) is 14.6. The van der Waals surface area contributed by atoms with Crippen LogP contribution in [-0.2, 0) is 11.3 Å². The molecule has 1 fully saturated rings. The van der Waals surface area contributed by atoms with Crippen molar-refractivity contribution < 1.29 is 4.79 Å². The summed E-state index contributed by atoms with van der Waals surface area (Å²) in [6.45, 7) is 5.74. The highest BCUT2D eigenvalue weighted by atomic mass is 16.2. The fraction of sp³-hybridized carbons (Fsp3) is 0.526. The Balaban J connectivity index is 1.76. The Bertz CT molecular complexity index is 593. The number of carbonyl (C=O) groups excluding carboxylic acids is 1. The highest BCUT2D eigenvalue weighted by Crippen LogP contribution is 2.09. The SMILES string of the molecule is N#CCCN(CCC#N)C(=O)CN1CCN(Cc2ccccc2)CC1. The van der Waals surface area contributed by atoms with Gasteiger partial charge in [0.05, 0.1) is 31.5 Å². The number of carbonyl (C=O) groups is 1. The van der Waals surface area contributed by atoms with Crippen molar-refractivity contribution in [2.75, 3.05) is 45.8 Å². The Hall–Kier alpha value is -2.41. The predicted molar refractivity (Wildman–Crippen MR) is 95.2 cm³/mol.